The van der Waals surface area contributed by atoms with E-state index in [4.69, 9.17) is 11.6 Å². The minimum atomic E-state index is -0.268. The molecule has 0 spiro atoms. The molecule has 0 saturated carbocycles. The number of halogens is 1. The monoisotopic (exact) mass is 340 g/mol. The quantitative estimate of drug-likeness (QED) is 0.765. The van der Waals surface area contributed by atoms with Crippen molar-refractivity contribution in [3.63, 3.8) is 0 Å². The molecule has 2 N–H and O–H groups in total. The Morgan fingerprint density at radius 2 is 2.04 bits per heavy atom. The topological polar surface area (TPSA) is 90.7 Å². The molecule has 7 heteroatoms. The maximum Gasteiger partial charge on any atom is 0.253 e. The summed E-state index contributed by atoms with van der Waals surface area (Å²) in [5.74, 6) is 0. The maximum absolute atomic E-state index is 12.2. The third-order valence-electron chi connectivity index (χ3n) is 3.77. The van der Waals surface area contributed by atoms with Crippen molar-refractivity contribution in [2.45, 2.75) is 6.54 Å². The van der Waals surface area contributed by atoms with Gasteiger partial charge in [0.25, 0.3) is 11.1 Å². The average molecular weight is 341 g/mol. The number of rotatable bonds is 3. The summed E-state index contributed by atoms with van der Waals surface area (Å²) < 4.78 is 1.26. The van der Waals surface area contributed by atoms with Gasteiger partial charge in [-0.25, -0.2) is 0 Å². The Bertz CT molecular complexity index is 1090. The summed E-state index contributed by atoms with van der Waals surface area (Å²) >= 11 is 5.98. The number of aromatic amines is 1. The van der Waals surface area contributed by atoms with E-state index in [1.165, 1.54) is 23.7 Å². The van der Waals surface area contributed by atoms with Gasteiger partial charge >= 0.3 is 0 Å². The number of nitriles is 1. The number of hydrogen-bond acceptors (Lipinski definition) is 4. The molecule has 3 rings (SSSR count). The highest BCUT2D eigenvalue weighted by molar-refractivity contribution is 6.31. The average Bonchev–Trinajstić information content (AvgIpc) is 2.56. The Balaban J connectivity index is 1.96. The van der Waals surface area contributed by atoms with E-state index in [1.54, 1.807) is 24.3 Å². The predicted octanol–water partition coefficient (Wildman–Crippen LogP) is 2.36. The normalized spacial score (nSPS) is 10.5. The van der Waals surface area contributed by atoms with Gasteiger partial charge in [0, 0.05) is 41.1 Å². The second-order valence-corrected chi connectivity index (χ2v) is 5.75. The lowest BCUT2D eigenvalue weighted by Crippen LogP contribution is -2.21. The lowest BCUT2D eigenvalue weighted by molar-refractivity contribution is 0.841. The van der Waals surface area contributed by atoms with Gasteiger partial charge in [-0.3, -0.25) is 9.59 Å². The molecular weight excluding hydrogens is 328 g/mol. The molecule has 1 aromatic carbocycles. The minimum absolute atomic E-state index is 0.211. The van der Waals surface area contributed by atoms with Gasteiger partial charge in [-0.05, 0) is 30.3 Å². The largest absolute Gasteiger partial charge is 0.378 e. The molecule has 0 bridgehead atoms. The Hall–Kier alpha value is -3.04. The van der Waals surface area contributed by atoms with E-state index < -0.39 is 0 Å². The van der Waals surface area contributed by atoms with Crippen molar-refractivity contribution in [1.29, 1.82) is 5.26 Å². The van der Waals surface area contributed by atoms with Crippen LogP contribution in [0.3, 0.4) is 0 Å². The van der Waals surface area contributed by atoms with Crippen molar-refractivity contribution in [3.8, 4) is 6.07 Å². The third-order valence-corrected chi connectivity index (χ3v) is 4.01. The molecule has 2 heterocycles. The molecule has 24 heavy (non-hydrogen) atoms. The number of nitrogens with zero attached hydrogens (tertiary/aromatic N) is 2. The highest BCUT2D eigenvalue weighted by Crippen LogP contribution is 2.18. The number of aromatic nitrogens is 2. The number of hydrogen-bond donors (Lipinski definition) is 2. The molecule has 0 unspecified atom stereocenters. The summed E-state index contributed by atoms with van der Waals surface area (Å²) in [5.41, 5.74) is 1.42. The Morgan fingerprint density at radius 3 is 2.79 bits per heavy atom. The van der Waals surface area contributed by atoms with E-state index in [1.807, 2.05) is 6.07 Å². The van der Waals surface area contributed by atoms with Gasteiger partial charge in [0.05, 0.1) is 5.69 Å². The van der Waals surface area contributed by atoms with Crippen LogP contribution in [0.5, 0.6) is 0 Å². The van der Waals surface area contributed by atoms with Gasteiger partial charge in [-0.2, -0.15) is 5.26 Å². The molecule has 0 saturated heterocycles. The second kappa shape index (κ2) is 6.22. The number of pyridine rings is 2. The van der Waals surface area contributed by atoms with Gasteiger partial charge in [0.1, 0.15) is 11.8 Å². The molecule has 0 radical (unpaired) electrons. The van der Waals surface area contributed by atoms with Crippen LogP contribution in [0.4, 0.5) is 5.69 Å². The summed E-state index contributed by atoms with van der Waals surface area (Å²) in [4.78, 5) is 26.5. The first-order chi connectivity index (χ1) is 11.5. The summed E-state index contributed by atoms with van der Waals surface area (Å²) in [6, 6.07) is 11.9. The zero-order chi connectivity index (χ0) is 17.3. The van der Waals surface area contributed by atoms with E-state index in [0.29, 0.717) is 21.8 Å². The van der Waals surface area contributed by atoms with Crippen molar-refractivity contribution in [3.05, 3.63) is 73.4 Å². The van der Waals surface area contributed by atoms with Crippen LogP contribution < -0.4 is 16.4 Å². The molecule has 0 atom stereocenters. The van der Waals surface area contributed by atoms with E-state index in [0.717, 1.165) is 5.39 Å². The molecule has 3 aromatic rings. The number of nitrogens with one attached hydrogen (secondary N) is 2. The maximum atomic E-state index is 12.2. The molecule has 0 aliphatic rings. The fourth-order valence-electron chi connectivity index (χ4n) is 2.46. The molecule has 0 aliphatic carbocycles. The lowest BCUT2D eigenvalue weighted by atomic mass is 10.1. The van der Waals surface area contributed by atoms with Gasteiger partial charge in [-0.1, -0.05) is 11.6 Å². The van der Waals surface area contributed by atoms with Crippen LogP contribution in [-0.4, -0.2) is 9.55 Å². The first kappa shape index (κ1) is 15.8. The number of benzene rings is 1. The van der Waals surface area contributed by atoms with Crippen LogP contribution in [0, 0.1) is 11.3 Å². The standard InChI is InChI=1S/C17H13ClN4O2/c1-22-15(8-19)14(4-5-16(22)23)20-9-11-6-10-7-12(18)2-3-13(10)21-17(11)24/h2-7,20H,9H2,1H3,(H,21,24). The van der Waals surface area contributed by atoms with Crippen molar-refractivity contribution in [1.82, 2.24) is 9.55 Å². The fraction of sp³-hybridized carbons (Fsp3) is 0.118. The first-order valence-corrected chi connectivity index (χ1v) is 7.53. The van der Waals surface area contributed by atoms with Crippen LogP contribution in [0.2, 0.25) is 5.02 Å². The summed E-state index contributed by atoms with van der Waals surface area (Å²) in [7, 11) is 1.52. The highest BCUT2D eigenvalue weighted by Gasteiger charge is 2.08. The molecule has 0 amide bonds. The van der Waals surface area contributed by atoms with Crippen LogP contribution in [0.15, 0.2) is 46.0 Å². The summed E-state index contributed by atoms with van der Waals surface area (Å²) in [6.45, 7) is 0.213. The number of anilines is 1. The molecule has 6 nitrogen and oxygen atoms in total. The van der Waals surface area contributed by atoms with Gasteiger partial charge in [-0.15, -0.1) is 0 Å². The highest BCUT2D eigenvalue weighted by atomic mass is 35.5. The smallest absolute Gasteiger partial charge is 0.253 e. The first-order valence-electron chi connectivity index (χ1n) is 7.15. The SMILES string of the molecule is Cn1c(C#N)c(NCc2cc3cc(Cl)ccc3[nH]c2=O)ccc1=O. The van der Waals surface area contributed by atoms with E-state index in [-0.39, 0.29) is 23.4 Å². The summed E-state index contributed by atoms with van der Waals surface area (Å²) in [6.07, 6.45) is 0. The van der Waals surface area contributed by atoms with E-state index in [2.05, 4.69) is 10.3 Å². The Morgan fingerprint density at radius 1 is 1.25 bits per heavy atom. The number of H-pyrrole nitrogens is 1. The van der Waals surface area contributed by atoms with Crippen molar-refractivity contribution >= 4 is 28.2 Å². The van der Waals surface area contributed by atoms with Crippen molar-refractivity contribution in [2.75, 3.05) is 5.32 Å². The predicted molar refractivity (Wildman–Crippen MR) is 93.3 cm³/mol. The van der Waals surface area contributed by atoms with E-state index in [9.17, 15) is 14.9 Å². The molecule has 0 aliphatic heterocycles. The van der Waals surface area contributed by atoms with Gasteiger partial charge in [0.15, 0.2) is 0 Å². The molecule has 0 fully saturated rings. The Labute approximate surface area is 141 Å². The van der Waals surface area contributed by atoms with Crippen LogP contribution in [-0.2, 0) is 13.6 Å². The van der Waals surface area contributed by atoms with Crippen LogP contribution >= 0.6 is 11.6 Å². The molecular formula is C17H13ClN4O2. The zero-order valence-corrected chi connectivity index (χ0v) is 13.5. The minimum Gasteiger partial charge on any atom is -0.378 e. The number of fused-ring (bicyclic) bond motifs is 1. The van der Waals surface area contributed by atoms with Crippen LogP contribution in [0.25, 0.3) is 10.9 Å². The van der Waals surface area contributed by atoms with Crippen molar-refractivity contribution in [2.24, 2.45) is 7.05 Å². The lowest BCUT2D eigenvalue weighted by Gasteiger charge is -2.10. The molecule has 120 valence electrons. The third kappa shape index (κ3) is 2.90. The van der Waals surface area contributed by atoms with E-state index >= 15 is 0 Å². The van der Waals surface area contributed by atoms with Crippen molar-refractivity contribution < 1.29 is 0 Å². The van der Waals surface area contributed by atoms with Crippen LogP contribution in [0.1, 0.15) is 11.3 Å². The van der Waals surface area contributed by atoms with Gasteiger partial charge in [0.2, 0.25) is 0 Å². The summed E-state index contributed by atoms with van der Waals surface area (Å²) in [5, 5.41) is 13.6. The Kier molecular flexibility index (Phi) is 4.11. The molecule has 2 aromatic heterocycles. The zero-order valence-electron chi connectivity index (χ0n) is 12.8. The fourth-order valence-corrected chi connectivity index (χ4v) is 2.64. The van der Waals surface area contributed by atoms with Gasteiger partial charge < -0.3 is 14.9 Å². The second-order valence-electron chi connectivity index (χ2n) is 5.31.